The van der Waals surface area contributed by atoms with E-state index in [0.717, 1.165) is 0 Å². The highest BCUT2D eigenvalue weighted by molar-refractivity contribution is 5.88. The lowest BCUT2D eigenvalue weighted by Crippen LogP contribution is -2.40. The number of aliphatic carboxylic acids is 1. The SMILES string of the molecule is CC(C)(C)OC(=O)N1CCc2c(c(C(=O)O)nn2CC(=O)O)C1. The van der Waals surface area contributed by atoms with Crippen LogP contribution in [0.4, 0.5) is 4.79 Å². The van der Waals surface area contributed by atoms with Crippen LogP contribution in [0.2, 0.25) is 0 Å². The lowest BCUT2D eigenvalue weighted by molar-refractivity contribution is -0.138. The molecule has 1 aliphatic heterocycles. The van der Waals surface area contributed by atoms with Gasteiger partial charge in [-0.2, -0.15) is 5.10 Å². The van der Waals surface area contributed by atoms with Gasteiger partial charge in [0.05, 0.1) is 6.54 Å². The number of rotatable bonds is 3. The van der Waals surface area contributed by atoms with Gasteiger partial charge in [0.15, 0.2) is 5.69 Å². The summed E-state index contributed by atoms with van der Waals surface area (Å²) in [6.07, 6.45) is -0.215. The molecule has 126 valence electrons. The fourth-order valence-electron chi connectivity index (χ4n) is 2.40. The molecule has 1 amide bonds. The predicted molar refractivity (Wildman–Crippen MR) is 77.2 cm³/mol. The first kappa shape index (κ1) is 16.8. The van der Waals surface area contributed by atoms with E-state index >= 15 is 0 Å². The topological polar surface area (TPSA) is 122 Å². The number of carbonyl (C=O) groups is 3. The van der Waals surface area contributed by atoms with Gasteiger partial charge in [0, 0.05) is 24.2 Å². The largest absolute Gasteiger partial charge is 0.480 e. The molecule has 0 unspecified atom stereocenters. The molecule has 0 atom stereocenters. The summed E-state index contributed by atoms with van der Waals surface area (Å²) >= 11 is 0. The van der Waals surface area contributed by atoms with Crippen molar-refractivity contribution in [3.8, 4) is 0 Å². The molecule has 1 aromatic rings. The molecular weight excluding hydrogens is 306 g/mol. The fraction of sp³-hybridized carbons (Fsp3) is 0.571. The molecule has 0 fully saturated rings. The molecule has 0 aliphatic carbocycles. The maximum Gasteiger partial charge on any atom is 0.410 e. The van der Waals surface area contributed by atoms with Gasteiger partial charge in [-0.15, -0.1) is 0 Å². The Morgan fingerprint density at radius 1 is 1.26 bits per heavy atom. The molecular formula is C14H19N3O6. The molecule has 2 heterocycles. The predicted octanol–water partition coefficient (Wildman–Crippen LogP) is 0.959. The number of hydrogen-bond donors (Lipinski definition) is 2. The third-order valence-corrected chi connectivity index (χ3v) is 3.27. The van der Waals surface area contributed by atoms with Crippen molar-refractivity contribution in [2.75, 3.05) is 6.54 Å². The molecule has 23 heavy (non-hydrogen) atoms. The van der Waals surface area contributed by atoms with E-state index in [1.807, 2.05) is 0 Å². The van der Waals surface area contributed by atoms with Crippen molar-refractivity contribution in [2.24, 2.45) is 0 Å². The van der Waals surface area contributed by atoms with Crippen molar-refractivity contribution in [3.05, 3.63) is 17.0 Å². The Hall–Kier alpha value is -2.58. The van der Waals surface area contributed by atoms with Crippen molar-refractivity contribution < 1.29 is 29.3 Å². The summed E-state index contributed by atoms with van der Waals surface area (Å²) in [5.41, 5.74) is 0.00971. The number of nitrogens with zero attached hydrogens (tertiary/aromatic N) is 3. The van der Waals surface area contributed by atoms with Crippen LogP contribution < -0.4 is 0 Å². The number of carboxylic acids is 2. The molecule has 0 saturated heterocycles. The Kier molecular flexibility index (Phi) is 4.31. The molecule has 2 rings (SSSR count). The summed E-state index contributed by atoms with van der Waals surface area (Å²) in [5, 5.41) is 22.0. The van der Waals surface area contributed by atoms with Gasteiger partial charge >= 0.3 is 18.0 Å². The third-order valence-electron chi connectivity index (χ3n) is 3.27. The van der Waals surface area contributed by atoms with Crippen LogP contribution >= 0.6 is 0 Å². The Bertz CT molecular complexity index is 658. The zero-order chi connectivity index (χ0) is 17.4. The Labute approximate surface area is 132 Å². The normalized spacial score (nSPS) is 14.3. The quantitative estimate of drug-likeness (QED) is 0.848. The monoisotopic (exact) mass is 325 g/mol. The number of ether oxygens (including phenoxy) is 1. The van der Waals surface area contributed by atoms with Crippen molar-refractivity contribution in [2.45, 2.75) is 45.9 Å². The molecule has 9 nitrogen and oxygen atoms in total. The molecule has 1 aromatic heterocycles. The van der Waals surface area contributed by atoms with E-state index < -0.39 is 30.2 Å². The number of aromatic carboxylic acids is 1. The maximum absolute atomic E-state index is 12.1. The van der Waals surface area contributed by atoms with Gasteiger partial charge in [-0.05, 0) is 20.8 Å². The van der Waals surface area contributed by atoms with Crippen LogP contribution in [-0.2, 0) is 29.0 Å². The summed E-state index contributed by atoms with van der Waals surface area (Å²) < 4.78 is 6.46. The number of carboxylic acid groups (broad SMARTS) is 2. The Morgan fingerprint density at radius 3 is 2.43 bits per heavy atom. The van der Waals surface area contributed by atoms with Gasteiger partial charge in [0.1, 0.15) is 12.1 Å². The van der Waals surface area contributed by atoms with E-state index in [1.165, 1.54) is 9.58 Å². The number of amides is 1. The first-order valence-corrected chi connectivity index (χ1v) is 7.10. The highest BCUT2D eigenvalue weighted by Gasteiger charge is 2.32. The first-order chi connectivity index (χ1) is 10.6. The van der Waals surface area contributed by atoms with E-state index in [-0.39, 0.29) is 12.2 Å². The van der Waals surface area contributed by atoms with E-state index in [4.69, 9.17) is 9.84 Å². The minimum absolute atomic E-state index is 0.0332. The zero-order valence-corrected chi connectivity index (χ0v) is 13.2. The van der Waals surface area contributed by atoms with Crippen LogP contribution in [0.15, 0.2) is 0 Å². The van der Waals surface area contributed by atoms with Crippen molar-refractivity contribution in [3.63, 3.8) is 0 Å². The number of fused-ring (bicyclic) bond motifs is 1. The van der Waals surface area contributed by atoms with Gasteiger partial charge in [-0.25, -0.2) is 9.59 Å². The summed E-state index contributed by atoms with van der Waals surface area (Å²) in [7, 11) is 0. The van der Waals surface area contributed by atoms with Crippen LogP contribution in [0.5, 0.6) is 0 Å². The summed E-state index contributed by atoms with van der Waals surface area (Å²) in [4.78, 5) is 35.7. The number of hydrogen-bond acceptors (Lipinski definition) is 5. The molecule has 0 spiro atoms. The molecule has 9 heteroatoms. The summed E-state index contributed by atoms with van der Waals surface area (Å²) in [5.74, 6) is -2.36. The molecule has 2 N–H and O–H groups in total. The van der Waals surface area contributed by atoms with Crippen molar-refractivity contribution in [1.29, 1.82) is 0 Å². The molecule has 0 saturated carbocycles. The van der Waals surface area contributed by atoms with Gasteiger partial charge in [0.25, 0.3) is 0 Å². The van der Waals surface area contributed by atoms with Crippen LogP contribution in [0.1, 0.15) is 42.5 Å². The van der Waals surface area contributed by atoms with Crippen molar-refractivity contribution in [1.82, 2.24) is 14.7 Å². The third kappa shape index (κ3) is 3.79. The van der Waals surface area contributed by atoms with Crippen molar-refractivity contribution >= 4 is 18.0 Å². The smallest absolute Gasteiger partial charge is 0.410 e. The second kappa shape index (κ2) is 5.90. The van der Waals surface area contributed by atoms with Crippen LogP contribution in [0.25, 0.3) is 0 Å². The summed E-state index contributed by atoms with van der Waals surface area (Å²) in [6.45, 7) is 5.16. The van der Waals surface area contributed by atoms with Crippen LogP contribution in [0.3, 0.4) is 0 Å². The van der Waals surface area contributed by atoms with Gasteiger partial charge in [-0.3, -0.25) is 9.48 Å². The maximum atomic E-state index is 12.1. The minimum atomic E-state index is -1.25. The molecule has 0 bridgehead atoms. The number of carbonyl (C=O) groups excluding carboxylic acids is 1. The van der Waals surface area contributed by atoms with Gasteiger partial charge in [0.2, 0.25) is 0 Å². The molecule has 0 aromatic carbocycles. The molecule has 0 radical (unpaired) electrons. The van der Waals surface area contributed by atoms with Gasteiger partial charge in [-0.1, -0.05) is 0 Å². The Morgan fingerprint density at radius 2 is 1.91 bits per heavy atom. The van der Waals surface area contributed by atoms with E-state index in [2.05, 4.69) is 5.10 Å². The highest BCUT2D eigenvalue weighted by atomic mass is 16.6. The zero-order valence-electron chi connectivity index (χ0n) is 13.2. The second-order valence-corrected chi connectivity index (χ2v) is 6.28. The lowest BCUT2D eigenvalue weighted by Gasteiger charge is -2.30. The first-order valence-electron chi connectivity index (χ1n) is 7.10. The fourth-order valence-corrected chi connectivity index (χ4v) is 2.40. The average Bonchev–Trinajstić information content (AvgIpc) is 2.74. The lowest BCUT2D eigenvalue weighted by atomic mass is 10.1. The second-order valence-electron chi connectivity index (χ2n) is 6.28. The van der Waals surface area contributed by atoms with E-state index in [1.54, 1.807) is 20.8 Å². The van der Waals surface area contributed by atoms with E-state index in [9.17, 15) is 19.5 Å². The Balaban J connectivity index is 2.29. The minimum Gasteiger partial charge on any atom is -0.480 e. The van der Waals surface area contributed by atoms with Crippen LogP contribution in [-0.4, -0.2) is 55.1 Å². The standard InChI is InChI=1S/C14H19N3O6/c1-14(2,3)23-13(22)16-5-4-9-8(6-16)11(12(20)21)15-17(9)7-10(18)19/h4-7H2,1-3H3,(H,18,19)(H,20,21). The number of aromatic nitrogens is 2. The van der Waals surface area contributed by atoms with E-state index in [0.29, 0.717) is 24.2 Å². The summed E-state index contributed by atoms with van der Waals surface area (Å²) in [6, 6.07) is 0. The van der Waals surface area contributed by atoms with Gasteiger partial charge < -0.3 is 19.8 Å². The molecule has 1 aliphatic rings. The average molecular weight is 325 g/mol. The highest BCUT2D eigenvalue weighted by Crippen LogP contribution is 2.24. The van der Waals surface area contributed by atoms with Crippen LogP contribution in [0, 0.1) is 0 Å².